The lowest BCUT2D eigenvalue weighted by atomic mass is 9.86. The largest absolute Gasteiger partial charge is 0.313 e. The van der Waals surface area contributed by atoms with Gasteiger partial charge in [-0.3, -0.25) is 0 Å². The van der Waals surface area contributed by atoms with Gasteiger partial charge >= 0.3 is 0 Å². The topological polar surface area (TPSA) is 12.0 Å². The van der Waals surface area contributed by atoms with Gasteiger partial charge in [0.2, 0.25) is 0 Å². The van der Waals surface area contributed by atoms with E-state index in [0.717, 1.165) is 17.9 Å². The molecule has 1 N–H and O–H groups in total. The molecule has 0 aromatic rings. The van der Waals surface area contributed by atoms with E-state index < -0.39 is 0 Å². The molecule has 0 bridgehead atoms. The van der Waals surface area contributed by atoms with Crippen molar-refractivity contribution in [1.29, 1.82) is 0 Å². The fourth-order valence-corrected chi connectivity index (χ4v) is 3.73. The Morgan fingerprint density at radius 2 is 1.56 bits per heavy atom. The number of rotatable bonds is 3. The summed E-state index contributed by atoms with van der Waals surface area (Å²) in [4.78, 5) is 0. The molecule has 1 heteroatoms. The molecule has 2 unspecified atom stereocenters. The normalized spacial score (nSPS) is 37.3. The molecule has 16 heavy (non-hydrogen) atoms. The first-order valence-corrected chi connectivity index (χ1v) is 7.11. The lowest BCUT2D eigenvalue weighted by molar-refractivity contribution is 0.273. The monoisotopic (exact) mass is 223 g/mol. The van der Waals surface area contributed by atoms with Crippen LogP contribution in [0.1, 0.15) is 60.3 Å². The van der Waals surface area contributed by atoms with Crippen molar-refractivity contribution in [3.63, 3.8) is 0 Å². The minimum Gasteiger partial charge on any atom is -0.313 e. The SMILES string of the molecule is CC1CCCCC1NCC1C(C)(C)C1(C)C. The van der Waals surface area contributed by atoms with E-state index in [1.807, 2.05) is 0 Å². The summed E-state index contributed by atoms with van der Waals surface area (Å²) < 4.78 is 0. The maximum absolute atomic E-state index is 3.84. The molecule has 0 saturated heterocycles. The summed E-state index contributed by atoms with van der Waals surface area (Å²) in [5.74, 6) is 1.76. The average molecular weight is 223 g/mol. The second-order valence-corrected chi connectivity index (χ2v) is 7.27. The molecule has 0 aromatic heterocycles. The van der Waals surface area contributed by atoms with E-state index in [1.54, 1.807) is 0 Å². The van der Waals surface area contributed by atoms with Gasteiger partial charge in [0.05, 0.1) is 0 Å². The van der Waals surface area contributed by atoms with Crippen molar-refractivity contribution in [2.45, 2.75) is 66.3 Å². The van der Waals surface area contributed by atoms with Crippen LogP contribution in [0.4, 0.5) is 0 Å². The van der Waals surface area contributed by atoms with Crippen molar-refractivity contribution >= 4 is 0 Å². The van der Waals surface area contributed by atoms with Crippen molar-refractivity contribution in [3.8, 4) is 0 Å². The van der Waals surface area contributed by atoms with Crippen LogP contribution in [-0.4, -0.2) is 12.6 Å². The first-order valence-electron chi connectivity index (χ1n) is 7.11. The van der Waals surface area contributed by atoms with Gasteiger partial charge in [0.1, 0.15) is 0 Å². The Hall–Kier alpha value is -0.0400. The van der Waals surface area contributed by atoms with E-state index in [9.17, 15) is 0 Å². The summed E-state index contributed by atoms with van der Waals surface area (Å²) in [5, 5.41) is 3.84. The van der Waals surface area contributed by atoms with Crippen LogP contribution < -0.4 is 5.32 Å². The first-order chi connectivity index (χ1) is 7.37. The average Bonchev–Trinajstić information content (AvgIpc) is 2.58. The van der Waals surface area contributed by atoms with E-state index in [2.05, 4.69) is 39.9 Å². The maximum atomic E-state index is 3.84. The second-order valence-electron chi connectivity index (χ2n) is 7.27. The molecule has 0 aromatic carbocycles. The third-order valence-corrected chi connectivity index (χ3v) is 6.02. The van der Waals surface area contributed by atoms with Gasteiger partial charge in [-0.1, -0.05) is 47.5 Å². The molecule has 2 fully saturated rings. The summed E-state index contributed by atoms with van der Waals surface area (Å²) in [7, 11) is 0. The number of hydrogen-bond donors (Lipinski definition) is 1. The molecular formula is C15H29N. The van der Waals surface area contributed by atoms with Crippen molar-refractivity contribution in [1.82, 2.24) is 5.32 Å². The van der Waals surface area contributed by atoms with Gasteiger partial charge in [-0.2, -0.15) is 0 Å². The minimum absolute atomic E-state index is 0.540. The Morgan fingerprint density at radius 3 is 2.06 bits per heavy atom. The van der Waals surface area contributed by atoms with Crippen LogP contribution in [-0.2, 0) is 0 Å². The highest BCUT2D eigenvalue weighted by molar-refractivity contribution is 5.13. The summed E-state index contributed by atoms with van der Waals surface area (Å²) in [5.41, 5.74) is 1.08. The molecule has 94 valence electrons. The van der Waals surface area contributed by atoms with Gasteiger partial charge in [-0.25, -0.2) is 0 Å². The summed E-state index contributed by atoms with van der Waals surface area (Å²) in [6, 6.07) is 0.793. The lowest BCUT2D eigenvalue weighted by Crippen LogP contribution is -2.38. The summed E-state index contributed by atoms with van der Waals surface area (Å²) >= 11 is 0. The summed E-state index contributed by atoms with van der Waals surface area (Å²) in [6.45, 7) is 13.3. The molecule has 2 saturated carbocycles. The Kier molecular flexibility index (Phi) is 3.11. The Bertz CT molecular complexity index is 240. The zero-order valence-electron chi connectivity index (χ0n) is 11.8. The van der Waals surface area contributed by atoms with E-state index in [-0.39, 0.29) is 0 Å². The van der Waals surface area contributed by atoms with E-state index in [0.29, 0.717) is 10.8 Å². The predicted molar refractivity (Wildman–Crippen MR) is 70.5 cm³/mol. The molecule has 0 amide bonds. The number of nitrogens with one attached hydrogen (secondary N) is 1. The van der Waals surface area contributed by atoms with Gasteiger partial charge in [-0.05, 0) is 42.1 Å². The van der Waals surface area contributed by atoms with Crippen LogP contribution in [0.15, 0.2) is 0 Å². The first kappa shape index (κ1) is 12.4. The van der Waals surface area contributed by atoms with Crippen LogP contribution in [0.2, 0.25) is 0 Å². The predicted octanol–water partition coefficient (Wildman–Crippen LogP) is 3.84. The van der Waals surface area contributed by atoms with Crippen molar-refractivity contribution in [2.75, 3.05) is 6.54 Å². The van der Waals surface area contributed by atoms with Gasteiger partial charge < -0.3 is 5.32 Å². The van der Waals surface area contributed by atoms with E-state index in [1.165, 1.54) is 32.2 Å². The highest BCUT2D eigenvalue weighted by atomic mass is 15.0. The highest BCUT2D eigenvalue weighted by Gasteiger charge is 2.63. The van der Waals surface area contributed by atoms with Gasteiger partial charge in [0.25, 0.3) is 0 Å². The fourth-order valence-electron chi connectivity index (χ4n) is 3.73. The minimum atomic E-state index is 0.540. The van der Waals surface area contributed by atoms with Crippen LogP contribution >= 0.6 is 0 Å². The highest BCUT2D eigenvalue weighted by Crippen LogP contribution is 2.67. The van der Waals surface area contributed by atoms with Crippen LogP contribution in [0, 0.1) is 22.7 Å². The molecular weight excluding hydrogens is 194 g/mol. The van der Waals surface area contributed by atoms with Crippen molar-refractivity contribution in [2.24, 2.45) is 22.7 Å². The fraction of sp³-hybridized carbons (Fsp3) is 1.00. The molecule has 2 aliphatic carbocycles. The van der Waals surface area contributed by atoms with E-state index >= 15 is 0 Å². The van der Waals surface area contributed by atoms with Gasteiger partial charge in [0, 0.05) is 6.04 Å². The third kappa shape index (κ3) is 1.92. The smallest absolute Gasteiger partial charge is 0.00928 e. The second kappa shape index (κ2) is 4.01. The van der Waals surface area contributed by atoms with Crippen LogP contribution in [0.3, 0.4) is 0 Å². The Labute approximate surface area is 101 Å². The molecule has 0 spiro atoms. The van der Waals surface area contributed by atoms with Crippen molar-refractivity contribution in [3.05, 3.63) is 0 Å². The Morgan fingerprint density at radius 1 is 1.00 bits per heavy atom. The third-order valence-electron chi connectivity index (χ3n) is 6.02. The molecule has 2 atom stereocenters. The zero-order chi connectivity index (χ0) is 12.0. The molecule has 2 rings (SSSR count). The van der Waals surface area contributed by atoms with Crippen LogP contribution in [0.25, 0.3) is 0 Å². The van der Waals surface area contributed by atoms with Crippen molar-refractivity contribution < 1.29 is 0 Å². The Balaban J connectivity index is 1.80. The molecule has 0 aliphatic heterocycles. The molecule has 1 nitrogen and oxygen atoms in total. The van der Waals surface area contributed by atoms with E-state index in [4.69, 9.17) is 0 Å². The quantitative estimate of drug-likeness (QED) is 0.766. The van der Waals surface area contributed by atoms with Crippen LogP contribution in [0.5, 0.6) is 0 Å². The van der Waals surface area contributed by atoms with Gasteiger partial charge in [0.15, 0.2) is 0 Å². The zero-order valence-corrected chi connectivity index (χ0v) is 11.8. The summed E-state index contributed by atoms with van der Waals surface area (Å²) in [6.07, 6.45) is 5.70. The standard InChI is InChI=1S/C15H29N/c1-11-8-6-7-9-12(11)16-10-13-14(2,3)15(13,4)5/h11-13,16H,6-10H2,1-5H3. The number of hydrogen-bond acceptors (Lipinski definition) is 1. The van der Waals surface area contributed by atoms with Gasteiger partial charge in [-0.15, -0.1) is 0 Å². The molecule has 0 radical (unpaired) electrons. The lowest BCUT2D eigenvalue weighted by Gasteiger charge is -2.30. The maximum Gasteiger partial charge on any atom is 0.00928 e. The molecule has 2 aliphatic rings. The molecule has 0 heterocycles.